The molecule has 0 aliphatic rings. The van der Waals surface area contributed by atoms with Gasteiger partial charge in [0.15, 0.2) is 5.01 Å². The van der Waals surface area contributed by atoms with E-state index in [1.807, 2.05) is 30.3 Å². The number of rotatable bonds is 10. The van der Waals surface area contributed by atoms with Crippen molar-refractivity contribution in [2.24, 2.45) is 0 Å². The first kappa shape index (κ1) is 24.2. The molecule has 0 fully saturated rings. The summed E-state index contributed by atoms with van der Waals surface area (Å²) in [4.78, 5) is 13.9. The molecule has 8 nitrogen and oxygen atoms in total. The molecule has 0 saturated heterocycles. The van der Waals surface area contributed by atoms with Gasteiger partial charge in [0.05, 0.1) is 16.8 Å². The van der Waals surface area contributed by atoms with Crippen molar-refractivity contribution >= 4 is 47.8 Å². The topological polar surface area (TPSA) is 97.7 Å². The Kier molecular flexibility index (Phi) is 7.49. The molecule has 2 N–H and O–H groups in total. The normalized spacial score (nSPS) is 11.8. The summed E-state index contributed by atoms with van der Waals surface area (Å²) < 4.78 is 5.90. The van der Waals surface area contributed by atoms with Gasteiger partial charge in [0.2, 0.25) is 0 Å². The first-order valence-electron chi connectivity index (χ1n) is 11.4. The van der Waals surface area contributed by atoms with E-state index < -0.39 is 8.07 Å². The smallest absolute Gasteiger partial charge is 0.151 e. The fourth-order valence-corrected chi connectivity index (χ4v) is 4.81. The molecule has 0 unspecified atom stereocenters. The van der Waals surface area contributed by atoms with Gasteiger partial charge in [-0.05, 0) is 30.3 Å². The van der Waals surface area contributed by atoms with Gasteiger partial charge in [0.25, 0.3) is 0 Å². The first-order valence-corrected chi connectivity index (χ1v) is 16.0. The SMILES string of the molecule is CC(C)c1nnc(-c2cc3nccc(Nc4ccccn4)c3nc2NCOCC[Si](C)(C)C)s1. The van der Waals surface area contributed by atoms with Gasteiger partial charge in [0.1, 0.15) is 28.9 Å². The lowest BCUT2D eigenvalue weighted by molar-refractivity contribution is 0.165. The molecule has 0 aromatic carbocycles. The van der Waals surface area contributed by atoms with E-state index in [-0.39, 0.29) is 0 Å². The van der Waals surface area contributed by atoms with Gasteiger partial charge in [-0.15, -0.1) is 10.2 Å². The Morgan fingerprint density at radius 2 is 1.91 bits per heavy atom. The van der Waals surface area contributed by atoms with Crippen LogP contribution >= 0.6 is 11.3 Å². The highest BCUT2D eigenvalue weighted by Gasteiger charge is 2.18. The van der Waals surface area contributed by atoms with E-state index in [0.29, 0.717) is 18.5 Å². The molecule has 178 valence electrons. The number of fused-ring (bicyclic) bond motifs is 1. The summed E-state index contributed by atoms with van der Waals surface area (Å²) in [6.07, 6.45) is 3.52. The number of hydrogen-bond acceptors (Lipinski definition) is 9. The van der Waals surface area contributed by atoms with Crippen molar-refractivity contribution in [1.82, 2.24) is 25.1 Å². The number of nitrogens with zero attached hydrogens (tertiary/aromatic N) is 5. The minimum absolute atomic E-state index is 0.313. The summed E-state index contributed by atoms with van der Waals surface area (Å²) >= 11 is 1.58. The fraction of sp³-hybridized carbons (Fsp3) is 0.375. The van der Waals surface area contributed by atoms with Gasteiger partial charge in [-0.3, -0.25) is 4.98 Å². The predicted molar refractivity (Wildman–Crippen MR) is 143 cm³/mol. The predicted octanol–water partition coefficient (Wildman–Crippen LogP) is 6.13. The summed E-state index contributed by atoms with van der Waals surface area (Å²) in [5.41, 5.74) is 3.21. The Morgan fingerprint density at radius 1 is 1.06 bits per heavy atom. The zero-order valence-electron chi connectivity index (χ0n) is 20.3. The average Bonchev–Trinajstić information content (AvgIpc) is 3.29. The maximum Gasteiger partial charge on any atom is 0.151 e. The zero-order chi connectivity index (χ0) is 24.1. The molecule has 0 saturated carbocycles. The highest BCUT2D eigenvalue weighted by Crippen LogP contribution is 2.35. The molecule has 0 atom stereocenters. The molecule has 0 radical (unpaired) electrons. The van der Waals surface area contributed by atoms with Crippen LogP contribution in [0.4, 0.5) is 17.3 Å². The number of nitrogens with one attached hydrogen (secondary N) is 2. The third kappa shape index (κ3) is 6.13. The van der Waals surface area contributed by atoms with Crippen molar-refractivity contribution in [3.8, 4) is 10.6 Å². The fourth-order valence-electron chi connectivity index (χ4n) is 3.19. The number of anilines is 3. The summed E-state index contributed by atoms with van der Waals surface area (Å²) in [5.74, 6) is 1.76. The van der Waals surface area contributed by atoms with E-state index in [4.69, 9.17) is 9.72 Å². The second-order valence-corrected chi connectivity index (χ2v) is 16.2. The lowest BCUT2D eigenvalue weighted by Gasteiger charge is -2.16. The number of aromatic nitrogens is 5. The van der Waals surface area contributed by atoms with Gasteiger partial charge < -0.3 is 15.4 Å². The van der Waals surface area contributed by atoms with Crippen LogP contribution in [0.15, 0.2) is 42.7 Å². The van der Waals surface area contributed by atoms with Gasteiger partial charge in [0, 0.05) is 33.0 Å². The number of pyridine rings is 3. The molecule has 0 amide bonds. The molecule has 10 heteroatoms. The lowest BCUT2D eigenvalue weighted by Crippen LogP contribution is -2.22. The standard InChI is InChI=1S/C24H31N7OSSi/c1-16(2)23-30-31-24(33-23)17-14-19-21(29-22(17)27-15-32-12-13-34(3,4)5)18(9-11-25-19)28-20-8-6-7-10-26-20/h6-11,14,16H,12-13,15H2,1-5H3,(H,27,29)(H,25,26,28). The Hall–Kier alpha value is -2.95. The van der Waals surface area contributed by atoms with Crippen LogP contribution in [0, 0.1) is 0 Å². The zero-order valence-corrected chi connectivity index (χ0v) is 22.1. The molecule has 4 aromatic heterocycles. The van der Waals surface area contributed by atoms with Gasteiger partial charge in [-0.2, -0.15) is 0 Å². The Labute approximate surface area is 205 Å². The molecular weight excluding hydrogens is 462 g/mol. The van der Waals surface area contributed by atoms with E-state index in [0.717, 1.165) is 50.8 Å². The van der Waals surface area contributed by atoms with Crippen LogP contribution in [0.5, 0.6) is 0 Å². The third-order valence-electron chi connectivity index (χ3n) is 5.14. The van der Waals surface area contributed by atoms with E-state index in [2.05, 4.69) is 64.3 Å². The molecule has 4 aromatic rings. The molecule has 0 aliphatic heterocycles. The highest BCUT2D eigenvalue weighted by molar-refractivity contribution is 7.14. The van der Waals surface area contributed by atoms with Crippen LogP contribution in [0.3, 0.4) is 0 Å². The minimum Gasteiger partial charge on any atom is -0.362 e. The van der Waals surface area contributed by atoms with Crippen molar-refractivity contribution in [3.05, 3.63) is 47.7 Å². The Bertz CT molecular complexity index is 1240. The van der Waals surface area contributed by atoms with E-state index >= 15 is 0 Å². The monoisotopic (exact) mass is 493 g/mol. The van der Waals surface area contributed by atoms with Crippen molar-refractivity contribution in [1.29, 1.82) is 0 Å². The quantitative estimate of drug-likeness (QED) is 0.155. The molecule has 4 rings (SSSR count). The lowest BCUT2D eigenvalue weighted by atomic mass is 10.2. The molecule has 4 heterocycles. The molecule has 0 bridgehead atoms. The van der Waals surface area contributed by atoms with E-state index in [1.54, 1.807) is 23.7 Å². The Balaban J connectivity index is 1.67. The largest absolute Gasteiger partial charge is 0.362 e. The second kappa shape index (κ2) is 10.5. The van der Waals surface area contributed by atoms with Gasteiger partial charge in [-0.25, -0.2) is 9.97 Å². The maximum absolute atomic E-state index is 5.90. The van der Waals surface area contributed by atoms with Crippen LogP contribution in [0.1, 0.15) is 24.8 Å². The van der Waals surface area contributed by atoms with Crippen LogP contribution in [0.2, 0.25) is 25.7 Å². The Morgan fingerprint density at radius 3 is 2.62 bits per heavy atom. The molecular formula is C24H31N7OSSi. The van der Waals surface area contributed by atoms with Crippen LogP contribution in [0.25, 0.3) is 21.6 Å². The molecule has 0 aliphatic carbocycles. The van der Waals surface area contributed by atoms with Crippen molar-refractivity contribution < 1.29 is 4.74 Å². The minimum atomic E-state index is -1.15. The summed E-state index contributed by atoms with van der Waals surface area (Å²) in [6.45, 7) is 12.4. The second-order valence-electron chi connectivity index (χ2n) is 9.59. The summed E-state index contributed by atoms with van der Waals surface area (Å²) in [5, 5.41) is 17.3. The van der Waals surface area contributed by atoms with Crippen LogP contribution in [-0.2, 0) is 4.74 Å². The maximum atomic E-state index is 5.90. The van der Waals surface area contributed by atoms with Crippen LogP contribution in [-0.4, -0.2) is 46.6 Å². The van der Waals surface area contributed by atoms with Gasteiger partial charge in [-0.1, -0.05) is 50.9 Å². The van der Waals surface area contributed by atoms with Crippen molar-refractivity contribution in [2.45, 2.75) is 45.5 Å². The highest BCUT2D eigenvalue weighted by atomic mass is 32.1. The number of hydrogen-bond donors (Lipinski definition) is 2. The number of ether oxygens (including phenoxy) is 1. The van der Waals surface area contributed by atoms with E-state index in [1.165, 1.54) is 0 Å². The van der Waals surface area contributed by atoms with E-state index in [9.17, 15) is 0 Å². The summed E-state index contributed by atoms with van der Waals surface area (Å²) in [7, 11) is -1.15. The van der Waals surface area contributed by atoms with Crippen LogP contribution < -0.4 is 10.6 Å². The van der Waals surface area contributed by atoms with Crippen molar-refractivity contribution in [2.75, 3.05) is 24.0 Å². The average molecular weight is 494 g/mol. The van der Waals surface area contributed by atoms with Gasteiger partial charge >= 0.3 is 0 Å². The van der Waals surface area contributed by atoms with Crippen molar-refractivity contribution in [3.63, 3.8) is 0 Å². The summed E-state index contributed by atoms with van der Waals surface area (Å²) in [6, 6.07) is 10.8. The first-order chi connectivity index (χ1) is 16.3. The molecule has 0 spiro atoms. The third-order valence-corrected chi connectivity index (χ3v) is 8.10. The molecule has 34 heavy (non-hydrogen) atoms.